The quantitative estimate of drug-likeness (QED) is 0.373. The summed E-state index contributed by atoms with van der Waals surface area (Å²) in [6, 6.07) is 21.5. The molecule has 10 aliphatic heterocycles. The van der Waals surface area contributed by atoms with E-state index in [4.69, 9.17) is 0 Å². The second kappa shape index (κ2) is 1.31. The Labute approximate surface area is 149 Å². The van der Waals surface area contributed by atoms with E-state index < -0.39 is 6.51 Å². The van der Waals surface area contributed by atoms with Crippen molar-refractivity contribution in [1.82, 2.24) is 0 Å². The zero-order valence-corrected chi connectivity index (χ0v) is 15.9. The van der Waals surface area contributed by atoms with Crippen molar-refractivity contribution in [3.05, 3.63) is 71.8 Å². The first-order valence-electron chi connectivity index (χ1n) is 10.5. The van der Waals surface area contributed by atoms with Gasteiger partial charge in [-0.1, -0.05) is 0 Å². The van der Waals surface area contributed by atoms with Gasteiger partial charge in [0.05, 0.1) is 0 Å². The Morgan fingerprint density at radius 3 is 1.30 bits per heavy atom. The molecule has 10 aliphatic rings. The van der Waals surface area contributed by atoms with E-state index >= 15 is 0 Å². The number of hydrogen-bond acceptors (Lipinski definition) is 0. The molecule has 0 aromatic heterocycles. The van der Waals surface area contributed by atoms with Crippen molar-refractivity contribution in [2.45, 2.75) is 47.2 Å². The van der Waals surface area contributed by atoms with Crippen LogP contribution in [0, 0.1) is 23.7 Å². The summed E-state index contributed by atoms with van der Waals surface area (Å²) in [5.41, 5.74) is 2.44. The van der Waals surface area contributed by atoms with E-state index in [2.05, 4.69) is 84.3 Å². The van der Waals surface area contributed by atoms with Gasteiger partial charge in [0.1, 0.15) is 0 Å². The van der Waals surface area contributed by atoms with Crippen molar-refractivity contribution in [2.24, 2.45) is 0 Å². The standard InChI is InChI=1S/C21H13.C5H5.Fe/c1-3-8-18(9-4-1)14-16-20-12-7-13-21(20)17-15-19-10-5-2-6-11-19;1-2-4-5-3-1;/h1-13H;1-5H;. The molecule has 0 aliphatic carbocycles. The van der Waals surface area contributed by atoms with Crippen LogP contribution in [0.2, 0.25) is 47.2 Å². The summed E-state index contributed by atoms with van der Waals surface area (Å²) < 4.78 is 0.980. The van der Waals surface area contributed by atoms with Crippen LogP contribution in [-0.4, -0.2) is 0 Å². The average Bonchev–Trinajstić information content (AvgIpc) is 3.67. The molecule has 130 valence electrons. The van der Waals surface area contributed by atoms with E-state index in [0.717, 1.165) is 9.63 Å². The van der Waals surface area contributed by atoms with E-state index in [9.17, 15) is 0 Å². The van der Waals surface area contributed by atoms with Gasteiger partial charge >= 0.3 is 149 Å². The molecule has 10 heterocycles. The van der Waals surface area contributed by atoms with E-state index in [1.165, 1.54) is 40.0 Å². The van der Waals surface area contributed by atoms with Crippen molar-refractivity contribution in [3.63, 3.8) is 0 Å². The molecule has 2 aromatic rings. The van der Waals surface area contributed by atoms with Crippen molar-refractivity contribution in [2.75, 3.05) is 0 Å². The van der Waals surface area contributed by atoms with Gasteiger partial charge in [-0.25, -0.2) is 0 Å². The summed E-state index contributed by atoms with van der Waals surface area (Å²) >= 11 is 0. The predicted octanol–water partition coefficient (Wildman–Crippen LogP) is 6.22. The number of hydrogen-bond donors (Lipinski definition) is 0. The minimum atomic E-state index is -3.50. The van der Waals surface area contributed by atoms with Gasteiger partial charge in [-0.2, -0.15) is 0 Å². The molecule has 2 aromatic carbocycles. The Balaban J connectivity index is 1.22. The zero-order valence-electron chi connectivity index (χ0n) is 14.7. The number of benzene rings is 2. The first-order valence-corrected chi connectivity index (χ1v) is 16.7. The van der Waals surface area contributed by atoms with Crippen LogP contribution >= 0.6 is 0 Å². The number of rotatable bonds is 0. The van der Waals surface area contributed by atoms with Crippen LogP contribution in [0.3, 0.4) is 0 Å². The minimum absolute atomic E-state index is 0.490. The molecule has 27 heavy (non-hydrogen) atoms. The van der Waals surface area contributed by atoms with Crippen LogP contribution in [0.25, 0.3) is 0 Å². The molecule has 0 nitrogen and oxygen atoms in total. The molecule has 0 bridgehead atoms. The molecule has 10 saturated heterocycles. The van der Waals surface area contributed by atoms with Crippen LogP contribution in [0.4, 0.5) is 0 Å². The summed E-state index contributed by atoms with van der Waals surface area (Å²) in [4.78, 5) is 9.73. The Morgan fingerprint density at radius 1 is 0.556 bits per heavy atom. The normalized spacial score (nSPS) is 80.7. The third-order valence-electron chi connectivity index (χ3n) is 17.2. The molecule has 4 atom stereocenters. The Hall–Kier alpha value is -1.92. The second-order valence-electron chi connectivity index (χ2n) is 13.0. The molecule has 1 spiro atoms. The SMILES string of the molecule is C(#C[C]12[CH]3[CH]4[CH]5[C]1(C#Cc1ccccc1)[Fe]43521678[CH]2[CH]1[CH]6[CH]7[CH]28)c1ccccc1. The molecule has 10 fully saturated rings. The van der Waals surface area contributed by atoms with Gasteiger partial charge in [0.15, 0.2) is 0 Å². The van der Waals surface area contributed by atoms with Crippen LogP contribution < -0.4 is 0 Å². The maximum atomic E-state index is 4.11. The fraction of sp³-hybridized carbons (Fsp3) is 0.385. The molecule has 4 unspecified atom stereocenters. The second-order valence-corrected chi connectivity index (χ2v) is 36.2. The van der Waals surface area contributed by atoms with Gasteiger partial charge in [-0.05, 0) is 0 Å². The van der Waals surface area contributed by atoms with Gasteiger partial charge in [0.2, 0.25) is 0 Å². The zero-order chi connectivity index (χ0) is 17.0. The van der Waals surface area contributed by atoms with E-state index in [0.29, 0.717) is 8.63 Å². The molecule has 0 N–H and O–H groups in total. The summed E-state index contributed by atoms with van der Waals surface area (Å²) in [5, 5.41) is 0. The van der Waals surface area contributed by atoms with E-state index in [1.54, 1.807) is 0 Å². The third-order valence-corrected chi connectivity index (χ3v) is 59.6. The fourth-order valence-electron chi connectivity index (χ4n) is 18.6. The van der Waals surface area contributed by atoms with Gasteiger partial charge in [-0.15, -0.1) is 0 Å². The Bertz CT molecular complexity index is 1580. The molecule has 0 radical (unpaired) electrons. The van der Waals surface area contributed by atoms with Gasteiger partial charge in [0.25, 0.3) is 0 Å². The van der Waals surface area contributed by atoms with Gasteiger partial charge in [-0.3, -0.25) is 0 Å². The molecular weight excluding hydrogens is 368 g/mol. The van der Waals surface area contributed by atoms with Crippen LogP contribution in [0.5, 0.6) is 0 Å². The fourth-order valence-corrected chi connectivity index (χ4v) is 92.3. The first kappa shape index (κ1) is 11.2. The van der Waals surface area contributed by atoms with E-state index in [-0.39, 0.29) is 0 Å². The molecule has 12 rings (SSSR count). The summed E-state index contributed by atoms with van der Waals surface area (Å²) in [5.74, 6) is 15.6. The van der Waals surface area contributed by atoms with Crippen molar-refractivity contribution < 1.29 is 6.51 Å². The van der Waals surface area contributed by atoms with Crippen molar-refractivity contribution in [1.29, 1.82) is 0 Å². The molecule has 1 heteroatoms. The third kappa shape index (κ3) is 0.183. The van der Waals surface area contributed by atoms with Crippen molar-refractivity contribution in [3.8, 4) is 23.7 Å². The monoisotopic (exact) mass is 386 g/mol. The van der Waals surface area contributed by atoms with E-state index in [1.807, 2.05) is 0 Å². The summed E-state index contributed by atoms with van der Waals surface area (Å²) in [6.45, 7) is -3.50. The van der Waals surface area contributed by atoms with Gasteiger partial charge in [0, 0.05) is 0 Å². The molecule has 0 saturated carbocycles. The van der Waals surface area contributed by atoms with Crippen LogP contribution in [0.15, 0.2) is 60.7 Å². The summed E-state index contributed by atoms with van der Waals surface area (Å²) in [7, 11) is 0. The average molecular weight is 386 g/mol. The van der Waals surface area contributed by atoms with Crippen LogP contribution in [-0.2, 0) is 6.51 Å². The maximum absolute atomic E-state index is 4.11. The Morgan fingerprint density at radius 2 is 0.963 bits per heavy atom. The number of fused-ring (bicyclic) bond motifs is 10. The Kier molecular flexibility index (Phi) is 0.541. The van der Waals surface area contributed by atoms with Crippen molar-refractivity contribution >= 4 is 0 Å². The van der Waals surface area contributed by atoms with Gasteiger partial charge < -0.3 is 0 Å². The first-order chi connectivity index (χ1) is 13.1. The molecular formula is C26H18Fe. The van der Waals surface area contributed by atoms with Crippen LogP contribution in [0.1, 0.15) is 11.1 Å². The molecule has 0 amide bonds. The predicted molar refractivity (Wildman–Crippen MR) is 102 cm³/mol. The topological polar surface area (TPSA) is 0 Å². The summed E-state index contributed by atoms with van der Waals surface area (Å²) in [6.07, 6.45) is 0.